The average molecular weight is 490 g/mol. The number of hydrogen-bond acceptors (Lipinski definition) is 7. The van der Waals surface area contributed by atoms with Crippen LogP contribution in [0.1, 0.15) is 30.9 Å². The van der Waals surface area contributed by atoms with E-state index in [1.54, 1.807) is 6.92 Å². The molecule has 0 bridgehead atoms. The molecule has 1 saturated heterocycles. The number of amides is 1. The Kier molecular flexibility index (Phi) is 8.00. The Labute approximate surface area is 198 Å². The Hall–Kier alpha value is -3.31. The third-order valence-electron chi connectivity index (χ3n) is 5.76. The zero-order valence-electron chi connectivity index (χ0n) is 19.0. The lowest BCUT2D eigenvalue weighted by Crippen LogP contribution is -2.42. The molecular weight excluding hydrogens is 462 g/mol. The quantitative estimate of drug-likeness (QED) is 0.342. The fourth-order valence-electron chi connectivity index (χ4n) is 3.70. The largest absolute Gasteiger partial charge is 0.452 e. The van der Waals surface area contributed by atoms with E-state index in [4.69, 9.17) is 4.74 Å². The van der Waals surface area contributed by atoms with Crippen molar-refractivity contribution < 1.29 is 27.7 Å². The van der Waals surface area contributed by atoms with Crippen molar-refractivity contribution in [2.24, 2.45) is 5.92 Å². The van der Waals surface area contributed by atoms with Gasteiger partial charge >= 0.3 is 5.97 Å². The molecule has 2 aromatic carbocycles. The zero-order valence-corrected chi connectivity index (χ0v) is 19.8. The smallest absolute Gasteiger partial charge is 0.309 e. The maximum Gasteiger partial charge on any atom is 0.309 e. The normalized spacial score (nSPS) is 15.9. The van der Waals surface area contributed by atoms with Gasteiger partial charge in [0.2, 0.25) is 10.0 Å². The maximum atomic E-state index is 13.0. The predicted molar refractivity (Wildman–Crippen MR) is 123 cm³/mol. The molecule has 10 nitrogen and oxygen atoms in total. The topological polar surface area (TPSA) is 136 Å². The number of rotatable bonds is 8. The lowest BCUT2D eigenvalue weighted by atomic mass is 9.98. The zero-order chi connectivity index (χ0) is 24.9. The Morgan fingerprint density at radius 2 is 1.82 bits per heavy atom. The summed E-state index contributed by atoms with van der Waals surface area (Å²) in [6, 6.07) is 13.0. The molecule has 0 aliphatic carbocycles. The van der Waals surface area contributed by atoms with Crippen LogP contribution < -0.4 is 5.32 Å². The van der Waals surface area contributed by atoms with Gasteiger partial charge in [-0.2, -0.15) is 4.31 Å². The molecule has 3 rings (SSSR count). The van der Waals surface area contributed by atoms with E-state index in [0.717, 1.165) is 11.6 Å². The van der Waals surface area contributed by atoms with E-state index in [1.807, 2.05) is 30.3 Å². The van der Waals surface area contributed by atoms with Crippen molar-refractivity contribution in [3.8, 4) is 0 Å². The molecule has 11 heteroatoms. The number of nitrogens with one attached hydrogen (secondary N) is 1. The highest BCUT2D eigenvalue weighted by atomic mass is 32.2. The SMILES string of the molecule is Cc1ccc([N+](=O)[O-])cc1S(=O)(=O)N1CCC(C(=O)OC(C)C(=O)NCc2ccccc2)CC1. The number of carbonyl (C=O) groups excluding carboxylic acids is 2. The monoisotopic (exact) mass is 489 g/mol. The van der Waals surface area contributed by atoms with Crippen LogP contribution in [0, 0.1) is 23.0 Å². The number of aryl methyl sites for hydroxylation is 1. The van der Waals surface area contributed by atoms with Crippen molar-refractivity contribution in [1.29, 1.82) is 0 Å². The van der Waals surface area contributed by atoms with Crippen LogP contribution in [-0.4, -0.2) is 48.7 Å². The molecule has 1 atom stereocenters. The predicted octanol–water partition coefficient (Wildman–Crippen LogP) is 2.55. The summed E-state index contributed by atoms with van der Waals surface area (Å²) < 4.78 is 32.6. The summed E-state index contributed by atoms with van der Waals surface area (Å²) in [6.07, 6.45) is -0.528. The highest BCUT2D eigenvalue weighted by molar-refractivity contribution is 7.89. The van der Waals surface area contributed by atoms with Gasteiger partial charge in [0, 0.05) is 31.8 Å². The summed E-state index contributed by atoms with van der Waals surface area (Å²) >= 11 is 0. The fourth-order valence-corrected chi connectivity index (χ4v) is 5.42. The number of esters is 1. The number of ether oxygens (including phenoxy) is 1. The standard InChI is InChI=1S/C23H27N3O7S/c1-16-8-9-20(26(29)30)14-21(16)34(31,32)25-12-10-19(11-13-25)23(28)33-17(2)22(27)24-15-18-6-4-3-5-7-18/h3-9,14,17,19H,10-13,15H2,1-2H3,(H,24,27). The van der Waals surface area contributed by atoms with E-state index in [9.17, 15) is 28.1 Å². The number of nitro groups is 1. The van der Waals surface area contributed by atoms with Crippen molar-refractivity contribution in [1.82, 2.24) is 9.62 Å². The summed E-state index contributed by atoms with van der Waals surface area (Å²) in [5.41, 5.74) is 1.02. The third kappa shape index (κ3) is 5.97. The van der Waals surface area contributed by atoms with Gasteiger partial charge in [-0.15, -0.1) is 0 Å². The Morgan fingerprint density at radius 1 is 1.18 bits per heavy atom. The maximum absolute atomic E-state index is 13.0. The molecule has 1 unspecified atom stereocenters. The van der Waals surface area contributed by atoms with Gasteiger partial charge in [-0.25, -0.2) is 8.42 Å². The second kappa shape index (κ2) is 10.7. The first-order valence-corrected chi connectivity index (χ1v) is 12.3. The van der Waals surface area contributed by atoms with Crippen LogP contribution in [0.25, 0.3) is 0 Å². The Morgan fingerprint density at radius 3 is 2.44 bits per heavy atom. The molecule has 182 valence electrons. The van der Waals surface area contributed by atoms with Gasteiger partial charge < -0.3 is 10.1 Å². The number of nitrogens with zero attached hydrogens (tertiary/aromatic N) is 2. The van der Waals surface area contributed by atoms with Crippen molar-refractivity contribution in [2.75, 3.05) is 13.1 Å². The van der Waals surface area contributed by atoms with Gasteiger partial charge in [0.15, 0.2) is 6.10 Å². The van der Waals surface area contributed by atoms with E-state index < -0.39 is 38.8 Å². The molecular formula is C23H27N3O7S. The first kappa shape index (κ1) is 25.3. The average Bonchev–Trinajstić information content (AvgIpc) is 2.83. The first-order chi connectivity index (χ1) is 16.1. The van der Waals surface area contributed by atoms with Crippen LogP contribution in [0.4, 0.5) is 5.69 Å². The van der Waals surface area contributed by atoms with E-state index in [2.05, 4.69) is 5.32 Å². The van der Waals surface area contributed by atoms with Gasteiger partial charge in [-0.1, -0.05) is 36.4 Å². The molecule has 1 aliphatic heterocycles. The summed E-state index contributed by atoms with van der Waals surface area (Å²) in [7, 11) is -3.96. The van der Waals surface area contributed by atoms with Crippen LogP contribution in [0.5, 0.6) is 0 Å². The summed E-state index contributed by atoms with van der Waals surface area (Å²) in [6.45, 7) is 3.51. The molecule has 1 heterocycles. The molecule has 0 spiro atoms. The molecule has 0 radical (unpaired) electrons. The minimum Gasteiger partial charge on any atom is -0.452 e. The van der Waals surface area contributed by atoms with Gasteiger partial charge in [0.25, 0.3) is 11.6 Å². The molecule has 0 aromatic heterocycles. The first-order valence-electron chi connectivity index (χ1n) is 10.9. The lowest BCUT2D eigenvalue weighted by Gasteiger charge is -2.30. The van der Waals surface area contributed by atoms with Crippen LogP contribution >= 0.6 is 0 Å². The van der Waals surface area contributed by atoms with Crippen LogP contribution in [0.2, 0.25) is 0 Å². The van der Waals surface area contributed by atoms with E-state index in [0.29, 0.717) is 12.1 Å². The lowest BCUT2D eigenvalue weighted by molar-refractivity contribution is -0.385. The minimum absolute atomic E-state index is 0.0683. The van der Waals surface area contributed by atoms with Gasteiger partial charge in [-0.3, -0.25) is 19.7 Å². The number of sulfonamides is 1. The van der Waals surface area contributed by atoms with Crippen molar-refractivity contribution >= 4 is 27.6 Å². The van der Waals surface area contributed by atoms with Crippen LogP contribution in [0.3, 0.4) is 0 Å². The Bertz CT molecular complexity index is 1160. The summed E-state index contributed by atoms with van der Waals surface area (Å²) in [5.74, 6) is -1.51. The molecule has 34 heavy (non-hydrogen) atoms. The van der Waals surface area contributed by atoms with E-state index in [1.165, 1.54) is 23.4 Å². The molecule has 1 fully saturated rings. The molecule has 2 aromatic rings. The summed E-state index contributed by atoms with van der Waals surface area (Å²) in [5, 5.41) is 13.8. The number of benzene rings is 2. The Balaban J connectivity index is 1.54. The highest BCUT2D eigenvalue weighted by Gasteiger charge is 2.35. The fraction of sp³-hybridized carbons (Fsp3) is 0.391. The van der Waals surface area contributed by atoms with Crippen LogP contribution in [0.15, 0.2) is 53.4 Å². The number of piperidine rings is 1. The number of nitro benzene ring substituents is 1. The van der Waals surface area contributed by atoms with Gasteiger partial charge in [0.1, 0.15) is 0 Å². The number of carbonyl (C=O) groups is 2. The molecule has 1 aliphatic rings. The van der Waals surface area contributed by atoms with Gasteiger partial charge in [0.05, 0.1) is 15.7 Å². The van der Waals surface area contributed by atoms with Crippen molar-refractivity contribution in [3.63, 3.8) is 0 Å². The molecule has 1 amide bonds. The number of hydrogen-bond donors (Lipinski definition) is 1. The van der Waals surface area contributed by atoms with E-state index >= 15 is 0 Å². The second-order valence-electron chi connectivity index (χ2n) is 8.17. The molecule has 0 saturated carbocycles. The summed E-state index contributed by atoms with van der Waals surface area (Å²) in [4.78, 5) is 35.1. The second-order valence-corrected chi connectivity index (χ2v) is 10.1. The van der Waals surface area contributed by atoms with Gasteiger partial charge in [-0.05, 0) is 37.8 Å². The van der Waals surface area contributed by atoms with Crippen LogP contribution in [-0.2, 0) is 30.9 Å². The molecule has 1 N–H and O–H groups in total. The number of non-ortho nitro benzene ring substituents is 1. The minimum atomic E-state index is -3.96. The van der Waals surface area contributed by atoms with E-state index in [-0.39, 0.29) is 36.5 Å². The van der Waals surface area contributed by atoms with Crippen molar-refractivity contribution in [2.45, 2.75) is 44.2 Å². The third-order valence-corrected chi connectivity index (χ3v) is 7.80. The highest BCUT2D eigenvalue weighted by Crippen LogP contribution is 2.28. The van der Waals surface area contributed by atoms with Crippen molar-refractivity contribution in [3.05, 3.63) is 69.8 Å².